The molecular formula is C13H19ClN2OS. The van der Waals surface area contributed by atoms with Crippen LogP contribution in [0.3, 0.4) is 0 Å². The molecule has 5 heteroatoms. The molecule has 1 saturated heterocycles. The number of nitrogens with one attached hydrogen (secondary N) is 1. The summed E-state index contributed by atoms with van der Waals surface area (Å²) >= 11 is 7.46. The van der Waals surface area contributed by atoms with Gasteiger partial charge >= 0.3 is 0 Å². The van der Waals surface area contributed by atoms with Crippen LogP contribution in [0.2, 0.25) is 4.34 Å². The number of hydrogen-bond donors (Lipinski definition) is 1. The second-order valence-electron chi connectivity index (χ2n) is 4.61. The maximum atomic E-state index is 12.2. The zero-order chi connectivity index (χ0) is 13.0. The van der Waals surface area contributed by atoms with E-state index in [0.29, 0.717) is 19.0 Å². The van der Waals surface area contributed by atoms with Gasteiger partial charge in [-0.3, -0.25) is 4.79 Å². The molecule has 0 aromatic carbocycles. The van der Waals surface area contributed by atoms with Gasteiger partial charge in [-0.05, 0) is 38.4 Å². The molecule has 0 spiro atoms. The molecule has 0 radical (unpaired) electrons. The monoisotopic (exact) mass is 286 g/mol. The minimum absolute atomic E-state index is 0.237. The third-order valence-electron chi connectivity index (χ3n) is 3.29. The lowest BCUT2D eigenvalue weighted by Crippen LogP contribution is -2.35. The predicted molar refractivity (Wildman–Crippen MR) is 76.1 cm³/mol. The van der Waals surface area contributed by atoms with Crippen molar-refractivity contribution in [2.45, 2.75) is 38.8 Å². The average Bonchev–Trinajstić information content (AvgIpc) is 2.97. The molecule has 0 saturated carbocycles. The Labute approximate surface area is 117 Å². The first-order valence-electron chi connectivity index (χ1n) is 6.44. The first kappa shape index (κ1) is 13.8. The van der Waals surface area contributed by atoms with E-state index in [1.54, 1.807) is 11.3 Å². The van der Waals surface area contributed by atoms with Gasteiger partial charge in [0.05, 0.1) is 10.9 Å². The van der Waals surface area contributed by atoms with Gasteiger partial charge in [-0.25, -0.2) is 0 Å². The van der Waals surface area contributed by atoms with E-state index in [4.69, 9.17) is 11.6 Å². The summed E-state index contributed by atoms with van der Waals surface area (Å²) < 4.78 is 0.783. The molecule has 1 aliphatic rings. The number of rotatable bonds is 5. The fourth-order valence-electron chi connectivity index (χ4n) is 2.27. The van der Waals surface area contributed by atoms with E-state index in [-0.39, 0.29) is 5.91 Å². The molecule has 1 aromatic heterocycles. The van der Waals surface area contributed by atoms with Crippen LogP contribution >= 0.6 is 22.9 Å². The smallest absolute Gasteiger partial charge is 0.224 e. The van der Waals surface area contributed by atoms with Crippen molar-refractivity contribution < 1.29 is 4.79 Å². The highest BCUT2D eigenvalue weighted by molar-refractivity contribution is 7.16. The van der Waals surface area contributed by atoms with Crippen LogP contribution in [-0.4, -0.2) is 29.9 Å². The van der Waals surface area contributed by atoms with Crippen LogP contribution in [-0.2, 0) is 11.3 Å². The van der Waals surface area contributed by atoms with Crippen LogP contribution < -0.4 is 5.32 Å². The van der Waals surface area contributed by atoms with Gasteiger partial charge in [-0.2, -0.15) is 0 Å². The molecule has 1 atom stereocenters. The maximum absolute atomic E-state index is 12.2. The molecule has 2 heterocycles. The Morgan fingerprint density at radius 2 is 2.44 bits per heavy atom. The summed E-state index contributed by atoms with van der Waals surface area (Å²) in [6, 6.07) is 4.26. The molecule has 2 rings (SSSR count). The summed E-state index contributed by atoms with van der Waals surface area (Å²) in [5.41, 5.74) is 0. The number of hydrogen-bond acceptors (Lipinski definition) is 3. The van der Waals surface area contributed by atoms with Gasteiger partial charge in [-0.15, -0.1) is 11.3 Å². The Balaban J connectivity index is 1.88. The number of nitrogens with zero attached hydrogens (tertiary/aromatic N) is 1. The van der Waals surface area contributed by atoms with Gasteiger partial charge in [0.1, 0.15) is 0 Å². The number of carbonyl (C=O) groups is 1. The Bertz CT molecular complexity index is 401. The number of amides is 1. The van der Waals surface area contributed by atoms with Crippen LogP contribution in [0, 0.1) is 0 Å². The van der Waals surface area contributed by atoms with Gasteiger partial charge in [-0.1, -0.05) is 11.6 Å². The van der Waals surface area contributed by atoms with Gasteiger partial charge in [0.25, 0.3) is 0 Å². The maximum Gasteiger partial charge on any atom is 0.224 e. The lowest BCUT2D eigenvalue weighted by Gasteiger charge is -2.22. The molecule has 0 aliphatic carbocycles. The van der Waals surface area contributed by atoms with Crippen LogP contribution in [0.25, 0.3) is 0 Å². The van der Waals surface area contributed by atoms with Gasteiger partial charge in [0, 0.05) is 23.9 Å². The second kappa shape index (κ2) is 6.55. The summed E-state index contributed by atoms with van der Waals surface area (Å²) in [7, 11) is 0. The van der Waals surface area contributed by atoms with Crippen molar-refractivity contribution in [3.8, 4) is 0 Å². The van der Waals surface area contributed by atoms with E-state index in [9.17, 15) is 4.79 Å². The van der Waals surface area contributed by atoms with Crippen molar-refractivity contribution in [3.63, 3.8) is 0 Å². The number of thiophene rings is 1. The van der Waals surface area contributed by atoms with E-state index >= 15 is 0 Å². The molecule has 1 unspecified atom stereocenters. The standard InChI is InChI=1S/C13H19ClN2OS/c1-2-16(9-11-5-6-12(14)18-11)13(17)8-10-4-3-7-15-10/h5-6,10,15H,2-4,7-9H2,1H3. The molecule has 100 valence electrons. The molecule has 3 nitrogen and oxygen atoms in total. The SMILES string of the molecule is CCN(Cc1ccc(Cl)s1)C(=O)CC1CCCN1. The largest absolute Gasteiger partial charge is 0.338 e. The Hall–Kier alpha value is -0.580. The molecule has 1 fully saturated rings. The number of carbonyl (C=O) groups excluding carboxylic acids is 1. The lowest BCUT2D eigenvalue weighted by molar-refractivity contribution is -0.132. The quantitative estimate of drug-likeness (QED) is 0.903. The summed E-state index contributed by atoms with van der Waals surface area (Å²) in [6.07, 6.45) is 2.92. The van der Waals surface area contributed by atoms with Crippen LogP contribution in [0.5, 0.6) is 0 Å². The topological polar surface area (TPSA) is 32.3 Å². The third kappa shape index (κ3) is 3.70. The van der Waals surface area contributed by atoms with Gasteiger partial charge < -0.3 is 10.2 Å². The summed E-state index contributed by atoms with van der Waals surface area (Å²) in [6.45, 7) is 4.50. The average molecular weight is 287 g/mol. The molecule has 18 heavy (non-hydrogen) atoms. The van der Waals surface area contributed by atoms with E-state index in [0.717, 1.165) is 28.7 Å². The van der Waals surface area contributed by atoms with Crippen molar-refractivity contribution in [1.29, 1.82) is 0 Å². The Kier molecular flexibility index (Phi) is 5.03. The highest BCUT2D eigenvalue weighted by atomic mass is 35.5. The highest BCUT2D eigenvalue weighted by Crippen LogP contribution is 2.23. The van der Waals surface area contributed by atoms with Crippen molar-refractivity contribution in [1.82, 2.24) is 10.2 Å². The number of halogens is 1. The minimum Gasteiger partial charge on any atom is -0.338 e. The summed E-state index contributed by atoms with van der Waals surface area (Å²) in [5, 5.41) is 3.37. The summed E-state index contributed by atoms with van der Waals surface area (Å²) in [5.74, 6) is 0.237. The molecule has 0 bridgehead atoms. The van der Waals surface area contributed by atoms with E-state index in [1.165, 1.54) is 6.42 Å². The Morgan fingerprint density at radius 3 is 3.00 bits per heavy atom. The molecule has 1 aromatic rings. The predicted octanol–water partition coefficient (Wildman–Crippen LogP) is 2.89. The van der Waals surface area contributed by atoms with Crippen LogP contribution in [0.4, 0.5) is 0 Å². The fourth-order valence-corrected chi connectivity index (χ4v) is 3.38. The minimum atomic E-state index is 0.237. The summed E-state index contributed by atoms with van der Waals surface area (Å²) in [4.78, 5) is 15.3. The second-order valence-corrected chi connectivity index (χ2v) is 6.41. The fraction of sp³-hybridized carbons (Fsp3) is 0.615. The lowest BCUT2D eigenvalue weighted by atomic mass is 10.1. The first-order valence-corrected chi connectivity index (χ1v) is 7.64. The Morgan fingerprint density at radius 1 is 1.61 bits per heavy atom. The first-order chi connectivity index (χ1) is 8.69. The zero-order valence-corrected chi connectivity index (χ0v) is 12.2. The van der Waals surface area contributed by atoms with Gasteiger partial charge in [0.15, 0.2) is 0 Å². The van der Waals surface area contributed by atoms with Crippen molar-refractivity contribution in [2.24, 2.45) is 0 Å². The van der Waals surface area contributed by atoms with E-state index < -0.39 is 0 Å². The van der Waals surface area contributed by atoms with Crippen molar-refractivity contribution >= 4 is 28.8 Å². The van der Waals surface area contributed by atoms with Gasteiger partial charge in [0.2, 0.25) is 5.91 Å². The van der Waals surface area contributed by atoms with E-state index in [1.807, 2.05) is 24.0 Å². The van der Waals surface area contributed by atoms with E-state index in [2.05, 4.69) is 5.32 Å². The molecular weight excluding hydrogens is 268 g/mol. The highest BCUT2D eigenvalue weighted by Gasteiger charge is 2.21. The normalized spacial score (nSPS) is 19.1. The van der Waals surface area contributed by atoms with Crippen molar-refractivity contribution in [2.75, 3.05) is 13.1 Å². The third-order valence-corrected chi connectivity index (χ3v) is 4.51. The molecule has 1 N–H and O–H groups in total. The zero-order valence-electron chi connectivity index (χ0n) is 10.6. The van der Waals surface area contributed by atoms with Crippen LogP contribution in [0.1, 0.15) is 31.1 Å². The molecule has 1 amide bonds. The molecule has 1 aliphatic heterocycles. The van der Waals surface area contributed by atoms with Crippen LogP contribution in [0.15, 0.2) is 12.1 Å². The van der Waals surface area contributed by atoms with Crippen molar-refractivity contribution in [3.05, 3.63) is 21.3 Å².